The van der Waals surface area contributed by atoms with Gasteiger partial charge < -0.3 is 40.7 Å². The lowest BCUT2D eigenvalue weighted by Gasteiger charge is -2.59. The molecule has 1 saturated heterocycles. The second kappa shape index (κ2) is 13.3. The smallest absolute Gasteiger partial charge is 0.414 e. The number of phenols is 2. The molecule has 3 amide bonds. The van der Waals surface area contributed by atoms with Gasteiger partial charge in [-0.2, -0.15) is 0 Å². The maximum atomic E-state index is 12.9. The van der Waals surface area contributed by atoms with Crippen molar-refractivity contribution in [1.29, 1.82) is 0 Å². The van der Waals surface area contributed by atoms with E-state index in [1.807, 2.05) is 6.92 Å². The molecule has 0 spiro atoms. The Morgan fingerprint density at radius 1 is 1.21 bits per heavy atom. The van der Waals surface area contributed by atoms with Crippen molar-refractivity contribution in [2.24, 2.45) is 0 Å². The molecule has 0 saturated carbocycles. The molecule has 3 rings (SSSR count). The molecule has 13 heteroatoms. The normalized spacial score (nSPS) is 23.6. The number of nitrogens with zero attached hydrogens (tertiary/aromatic N) is 2. The van der Waals surface area contributed by atoms with Crippen molar-refractivity contribution in [3.8, 4) is 11.5 Å². The average Bonchev–Trinajstić information content (AvgIpc) is 2.92. The number of likely N-dealkylation sites (tertiary alicyclic amines) is 1. The summed E-state index contributed by atoms with van der Waals surface area (Å²) in [5, 5.41) is 47.0. The summed E-state index contributed by atoms with van der Waals surface area (Å²) in [5.74, 6) is -2.95. The van der Waals surface area contributed by atoms with E-state index in [1.54, 1.807) is 25.1 Å². The first-order valence-electron chi connectivity index (χ1n) is 13.7. The van der Waals surface area contributed by atoms with Gasteiger partial charge in [-0.05, 0) is 44.5 Å². The Bertz CT molecular complexity index is 1270. The van der Waals surface area contributed by atoms with E-state index in [4.69, 9.17) is 9.84 Å². The average molecular weight is 589 g/mol. The highest BCUT2D eigenvalue weighted by atomic mass is 16.6. The summed E-state index contributed by atoms with van der Waals surface area (Å²) in [6, 6.07) is 2.74. The first-order valence-corrected chi connectivity index (χ1v) is 13.7. The zero-order valence-electron chi connectivity index (χ0n) is 24.2. The molecule has 1 heterocycles. The number of rotatable bonds is 11. The van der Waals surface area contributed by atoms with Crippen LogP contribution in [0.4, 0.5) is 4.79 Å². The number of allylic oxidation sites excluding steroid dienone is 1. The van der Waals surface area contributed by atoms with Gasteiger partial charge in [-0.3, -0.25) is 19.3 Å². The van der Waals surface area contributed by atoms with Gasteiger partial charge in [0.15, 0.2) is 11.5 Å². The fraction of sp³-hybridized carbons (Fsp3) is 0.517. The molecule has 2 unspecified atom stereocenters. The number of carboxylic acid groups (broad SMARTS) is 1. The lowest BCUT2D eigenvalue weighted by molar-refractivity contribution is -0.141. The van der Waals surface area contributed by atoms with Gasteiger partial charge in [0.1, 0.15) is 12.2 Å². The molecular formula is C29H40N4O9. The number of ether oxygens (including phenoxy) is 1. The van der Waals surface area contributed by atoms with Crippen molar-refractivity contribution in [3.63, 3.8) is 0 Å². The lowest BCUT2D eigenvalue weighted by atomic mass is 9.54. The number of benzene rings is 1. The maximum Gasteiger partial charge on any atom is 0.414 e. The maximum absolute atomic E-state index is 12.9. The van der Waals surface area contributed by atoms with Crippen molar-refractivity contribution >= 4 is 23.9 Å². The summed E-state index contributed by atoms with van der Waals surface area (Å²) >= 11 is 0. The molecule has 13 nitrogen and oxygen atoms in total. The highest BCUT2D eigenvalue weighted by Crippen LogP contribution is 2.57. The van der Waals surface area contributed by atoms with E-state index < -0.39 is 47.9 Å². The summed E-state index contributed by atoms with van der Waals surface area (Å²) in [4.78, 5) is 50.1. The van der Waals surface area contributed by atoms with Crippen LogP contribution in [-0.4, -0.2) is 106 Å². The zero-order valence-corrected chi connectivity index (χ0v) is 24.2. The standard InChI is InChI=1S/C29H40N4O9/c1-5-12-33-13-10-28(25-18(2)6-7-21(34)26(25)39)16-20(8-9-29(28,41)19(33)3)42-27(40)32(4)14-11-30-23(36)17-31-22(35)15-24(37)38/h5-8,19,34,39,41H,1,9-17H2,2-4H3,(H,30,36)(H,31,35)(H,37,38)/t19?,28-,29?/m1/s1. The van der Waals surface area contributed by atoms with E-state index in [9.17, 15) is 34.5 Å². The van der Waals surface area contributed by atoms with E-state index in [0.29, 0.717) is 36.4 Å². The molecule has 1 aliphatic heterocycles. The molecular weight excluding hydrogens is 548 g/mol. The number of aromatic hydroxyl groups is 2. The predicted octanol–water partition coefficient (Wildman–Crippen LogP) is 1.11. The number of fused-ring (bicyclic) bond motifs is 1. The number of aliphatic carboxylic acids is 1. The fourth-order valence-electron chi connectivity index (χ4n) is 5.99. The molecule has 230 valence electrons. The fourth-order valence-corrected chi connectivity index (χ4v) is 5.99. The Morgan fingerprint density at radius 3 is 2.60 bits per heavy atom. The number of hydrogen-bond acceptors (Lipinski definition) is 9. The second-order valence-corrected chi connectivity index (χ2v) is 10.9. The Labute approximate surface area is 244 Å². The van der Waals surface area contributed by atoms with Crippen LogP contribution in [0.2, 0.25) is 0 Å². The van der Waals surface area contributed by atoms with E-state index in [0.717, 1.165) is 0 Å². The minimum absolute atomic E-state index is 0.0506. The van der Waals surface area contributed by atoms with E-state index in [1.165, 1.54) is 18.0 Å². The minimum atomic E-state index is -1.36. The monoisotopic (exact) mass is 588 g/mol. The topological polar surface area (TPSA) is 189 Å². The minimum Gasteiger partial charge on any atom is -0.504 e. The molecule has 1 aromatic rings. The molecule has 0 radical (unpaired) electrons. The third kappa shape index (κ3) is 6.68. The largest absolute Gasteiger partial charge is 0.504 e. The highest BCUT2D eigenvalue weighted by Gasteiger charge is 2.61. The molecule has 6 N–H and O–H groups in total. The van der Waals surface area contributed by atoms with Crippen LogP contribution in [0.3, 0.4) is 0 Å². The Morgan fingerprint density at radius 2 is 1.93 bits per heavy atom. The second-order valence-electron chi connectivity index (χ2n) is 10.9. The molecule has 0 aromatic heterocycles. The van der Waals surface area contributed by atoms with Gasteiger partial charge in [0.2, 0.25) is 11.8 Å². The van der Waals surface area contributed by atoms with Crippen LogP contribution in [-0.2, 0) is 24.5 Å². The third-order valence-corrected chi connectivity index (χ3v) is 8.27. The van der Waals surface area contributed by atoms with Crippen LogP contribution in [0.15, 0.2) is 36.6 Å². The van der Waals surface area contributed by atoms with Gasteiger partial charge in [0.25, 0.3) is 0 Å². The quantitative estimate of drug-likeness (QED) is 0.124. The van der Waals surface area contributed by atoms with Gasteiger partial charge in [0.05, 0.1) is 12.1 Å². The van der Waals surface area contributed by atoms with Crippen LogP contribution in [0.5, 0.6) is 11.5 Å². The van der Waals surface area contributed by atoms with Crippen molar-refractivity contribution in [2.45, 2.75) is 56.6 Å². The number of aryl methyl sites for hydroxylation is 1. The predicted molar refractivity (Wildman–Crippen MR) is 152 cm³/mol. The van der Waals surface area contributed by atoms with Crippen LogP contribution >= 0.6 is 0 Å². The van der Waals surface area contributed by atoms with Crippen molar-refractivity contribution in [1.82, 2.24) is 20.4 Å². The first kappa shape index (κ1) is 32.4. The van der Waals surface area contributed by atoms with E-state index in [-0.39, 0.29) is 43.5 Å². The Hall–Kier alpha value is -4.10. The summed E-state index contributed by atoms with van der Waals surface area (Å²) < 4.78 is 5.72. The van der Waals surface area contributed by atoms with E-state index in [2.05, 4.69) is 22.1 Å². The van der Waals surface area contributed by atoms with Gasteiger partial charge >= 0.3 is 12.1 Å². The Kier molecular flexibility index (Phi) is 10.2. The molecule has 42 heavy (non-hydrogen) atoms. The lowest BCUT2D eigenvalue weighted by Crippen LogP contribution is -2.68. The summed E-state index contributed by atoms with van der Waals surface area (Å²) in [7, 11) is 1.49. The van der Waals surface area contributed by atoms with Gasteiger partial charge in [-0.25, -0.2) is 4.79 Å². The number of likely N-dealkylation sites (N-methyl/N-ethyl adjacent to an activating group) is 1. The van der Waals surface area contributed by atoms with Gasteiger partial charge in [-0.15, -0.1) is 6.58 Å². The number of piperidine rings is 1. The molecule has 0 bridgehead atoms. The third-order valence-electron chi connectivity index (χ3n) is 8.27. The van der Waals surface area contributed by atoms with Gasteiger partial charge in [0, 0.05) is 56.5 Å². The van der Waals surface area contributed by atoms with Gasteiger partial charge in [-0.1, -0.05) is 12.1 Å². The number of nitrogens with one attached hydrogen (secondary N) is 2. The zero-order chi connectivity index (χ0) is 31.2. The summed E-state index contributed by atoms with van der Waals surface area (Å²) in [6.07, 6.45) is 2.65. The highest BCUT2D eigenvalue weighted by molar-refractivity contribution is 5.95. The number of phenolic OH excluding ortho intramolecular Hbond substituents is 2. The number of carbonyl (C=O) groups is 4. The number of amides is 3. The Balaban J connectivity index is 1.72. The number of aliphatic hydroxyl groups is 1. The molecule has 1 aliphatic carbocycles. The van der Waals surface area contributed by atoms with Crippen LogP contribution in [0, 0.1) is 6.92 Å². The van der Waals surface area contributed by atoms with Crippen LogP contribution in [0.1, 0.15) is 43.7 Å². The molecule has 3 atom stereocenters. The van der Waals surface area contributed by atoms with Crippen molar-refractivity contribution < 1.29 is 44.3 Å². The SMILES string of the molecule is C=CCN1CC[C@]2(c3c(C)ccc(O)c3O)CC(OC(=O)N(C)CCNC(=O)CNC(=O)CC(=O)O)=CCC2(O)C1C. The number of hydrogen-bond donors (Lipinski definition) is 6. The van der Waals surface area contributed by atoms with Crippen LogP contribution in [0.25, 0.3) is 0 Å². The molecule has 1 fully saturated rings. The van der Waals surface area contributed by atoms with E-state index >= 15 is 0 Å². The summed E-state index contributed by atoms with van der Waals surface area (Å²) in [6.45, 7) is 8.39. The molecule has 2 aliphatic rings. The number of carbonyl (C=O) groups excluding carboxylic acids is 3. The van der Waals surface area contributed by atoms with Crippen LogP contribution < -0.4 is 10.6 Å². The van der Waals surface area contributed by atoms with Crippen molar-refractivity contribution in [2.75, 3.05) is 39.8 Å². The molecule has 1 aromatic carbocycles. The number of carboxylic acids is 1. The summed E-state index contributed by atoms with van der Waals surface area (Å²) in [5.41, 5.74) is -1.33. The van der Waals surface area contributed by atoms with Crippen molar-refractivity contribution in [3.05, 3.63) is 47.7 Å². The first-order chi connectivity index (χ1) is 19.8.